The number of hydrogen-bond acceptors (Lipinski definition) is 6. The molecule has 9 heteroatoms. The predicted molar refractivity (Wildman–Crippen MR) is 74.0 cm³/mol. The molecule has 116 valence electrons. The van der Waals surface area contributed by atoms with Crippen molar-refractivity contribution >= 4 is 20.9 Å². The van der Waals surface area contributed by atoms with Crippen LogP contribution >= 0.6 is 15.0 Å². The monoisotopic (exact) mass is 318 g/mol. The molecular weight excluding hydrogens is 294 g/mol. The fourth-order valence-corrected chi connectivity index (χ4v) is 2.34. The Morgan fingerprint density at radius 3 is 1.63 bits per heavy atom. The van der Waals surface area contributed by atoms with E-state index >= 15 is 0 Å². The maximum atomic E-state index is 11.8. The zero-order chi connectivity index (χ0) is 15.5. The number of rotatable bonds is 7. The van der Waals surface area contributed by atoms with Gasteiger partial charge in [-0.2, -0.15) is 0 Å². The van der Waals surface area contributed by atoms with Gasteiger partial charge < -0.3 is 18.7 Å². The van der Waals surface area contributed by atoms with Crippen molar-refractivity contribution in [2.45, 2.75) is 20.8 Å². The lowest BCUT2D eigenvalue weighted by Gasteiger charge is -2.15. The first kappa shape index (κ1) is 21.1. The van der Waals surface area contributed by atoms with E-state index in [9.17, 15) is 13.9 Å². The van der Waals surface area contributed by atoms with E-state index in [4.69, 9.17) is 13.9 Å². The minimum Gasteiger partial charge on any atom is -0.466 e. The topological polar surface area (TPSA) is 99.1 Å². The van der Waals surface area contributed by atoms with Gasteiger partial charge >= 0.3 is 13.6 Å². The van der Waals surface area contributed by atoms with Crippen molar-refractivity contribution in [2.24, 2.45) is 0 Å². The molecular formula is C10H24O7P2. The maximum Gasteiger partial charge on any atom is 0.341 e. The summed E-state index contributed by atoms with van der Waals surface area (Å²) in [6.07, 6.45) is -0.317. The van der Waals surface area contributed by atoms with Gasteiger partial charge in [-0.05, 0) is 20.8 Å². The molecule has 0 amide bonds. The van der Waals surface area contributed by atoms with Crippen LogP contribution in [-0.4, -0.2) is 50.2 Å². The van der Waals surface area contributed by atoms with Gasteiger partial charge in [0.1, 0.15) is 6.16 Å². The van der Waals surface area contributed by atoms with Crippen molar-refractivity contribution in [2.75, 3.05) is 39.3 Å². The van der Waals surface area contributed by atoms with E-state index < -0.39 is 20.9 Å². The molecule has 0 saturated heterocycles. The lowest BCUT2D eigenvalue weighted by atomic mass is 10.8. The van der Waals surface area contributed by atoms with E-state index in [0.29, 0.717) is 0 Å². The summed E-state index contributed by atoms with van der Waals surface area (Å²) >= 11 is 0. The molecule has 0 aliphatic heterocycles. The predicted octanol–water partition coefficient (Wildman–Crippen LogP) is 2.33. The minimum atomic E-state index is -3.28. The van der Waals surface area contributed by atoms with Crippen LogP contribution in [0.5, 0.6) is 0 Å². The molecule has 0 aliphatic rings. The van der Waals surface area contributed by atoms with Gasteiger partial charge in [0.2, 0.25) is 0 Å². The maximum absolute atomic E-state index is 11.8. The second kappa shape index (κ2) is 10.6. The molecule has 0 unspecified atom stereocenters. The highest BCUT2D eigenvalue weighted by Crippen LogP contribution is 2.47. The first-order valence-corrected chi connectivity index (χ1v) is 10.2. The van der Waals surface area contributed by atoms with Gasteiger partial charge in [-0.1, -0.05) is 0 Å². The average Bonchev–Trinajstić information content (AvgIpc) is 2.14. The van der Waals surface area contributed by atoms with Gasteiger partial charge in [0.25, 0.3) is 0 Å². The quantitative estimate of drug-likeness (QED) is 0.568. The highest BCUT2D eigenvalue weighted by molar-refractivity contribution is 7.56. The molecule has 0 aromatic heterocycles. The van der Waals surface area contributed by atoms with Crippen LogP contribution in [0.2, 0.25) is 0 Å². The molecule has 0 heterocycles. The SMILES string of the molecule is CCOC(=O)CP(=O)(OCC)OCC.CP(C)(=O)O. The Morgan fingerprint density at radius 1 is 1.00 bits per heavy atom. The van der Waals surface area contributed by atoms with E-state index in [2.05, 4.69) is 4.74 Å². The van der Waals surface area contributed by atoms with Crippen LogP contribution < -0.4 is 0 Å². The second-order valence-corrected chi connectivity index (χ2v) is 8.35. The van der Waals surface area contributed by atoms with Gasteiger partial charge in [0, 0.05) is 13.3 Å². The molecule has 0 rings (SSSR count). The minimum absolute atomic E-state index is 0.247. The number of carbonyl (C=O) groups is 1. The third kappa shape index (κ3) is 17.8. The molecule has 0 atom stereocenters. The Balaban J connectivity index is 0. The van der Waals surface area contributed by atoms with Crippen molar-refractivity contribution in [1.29, 1.82) is 0 Å². The summed E-state index contributed by atoms with van der Waals surface area (Å²) < 4.78 is 36.0. The number of hydrogen-bond donors (Lipinski definition) is 1. The van der Waals surface area contributed by atoms with E-state index in [0.717, 1.165) is 0 Å². The zero-order valence-corrected chi connectivity index (χ0v) is 13.9. The Bertz CT molecular complexity index is 319. The third-order valence-corrected chi connectivity index (χ3v) is 3.23. The third-order valence-electron chi connectivity index (χ3n) is 1.28. The summed E-state index contributed by atoms with van der Waals surface area (Å²) in [4.78, 5) is 19.1. The van der Waals surface area contributed by atoms with E-state index in [1.807, 2.05) is 0 Å². The lowest BCUT2D eigenvalue weighted by molar-refractivity contribution is -0.140. The summed E-state index contributed by atoms with van der Waals surface area (Å²) in [6.45, 7) is 8.42. The number of ether oxygens (including phenoxy) is 1. The fraction of sp³-hybridized carbons (Fsp3) is 0.900. The molecule has 19 heavy (non-hydrogen) atoms. The van der Waals surface area contributed by atoms with Crippen LogP contribution in [-0.2, 0) is 27.7 Å². The van der Waals surface area contributed by atoms with Gasteiger partial charge in [0.15, 0.2) is 7.37 Å². The summed E-state index contributed by atoms with van der Waals surface area (Å²) in [7, 11) is -5.92. The molecule has 0 radical (unpaired) electrons. The summed E-state index contributed by atoms with van der Waals surface area (Å²) in [5, 5.41) is 0. The van der Waals surface area contributed by atoms with Crippen molar-refractivity contribution in [3.05, 3.63) is 0 Å². The summed E-state index contributed by atoms with van der Waals surface area (Å²) in [5.74, 6) is -0.558. The van der Waals surface area contributed by atoms with Crippen molar-refractivity contribution in [3.8, 4) is 0 Å². The van der Waals surface area contributed by atoms with E-state index in [1.54, 1.807) is 20.8 Å². The molecule has 0 saturated carbocycles. The Morgan fingerprint density at radius 2 is 1.37 bits per heavy atom. The van der Waals surface area contributed by atoms with Crippen LogP contribution in [0, 0.1) is 0 Å². The van der Waals surface area contributed by atoms with E-state index in [-0.39, 0.29) is 26.0 Å². The second-order valence-electron chi connectivity index (χ2n) is 3.70. The number of carbonyl (C=O) groups excluding carboxylic acids is 1. The van der Waals surface area contributed by atoms with Crippen molar-refractivity contribution in [1.82, 2.24) is 0 Å². The van der Waals surface area contributed by atoms with Crippen molar-refractivity contribution < 1.29 is 32.6 Å². The Labute approximate surface area is 114 Å². The van der Waals surface area contributed by atoms with Crippen LogP contribution in [0.4, 0.5) is 0 Å². The van der Waals surface area contributed by atoms with Gasteiger partial charge in [-0.25, -0.2) is 0 Å². The van der Waals surface area contributed by atoms with Crippen LogP contribution in [0.1, 0.15) is 20.8 Å². The lowest BCUT2D eigenvalue weighted by Crippen LogP contribution is -2.12. The molecule has 0 aliphatic carbocycles. The van der Waals surface area contributed by atoms with Gasteiger partial charge in [-0.15, -0.1) is 0 Å². The smallest absolute Gasteiger partial charge is 0.341 e. The Hall–Kier alpha value is -0.190. The highest BCUT2D eigenvalue weighted by Gasteiger charge is 2.28. The Kier molecular flexibility index (Phi) is 11.8. The highest BCUT2D eigenvalue weighted by atomic mass is 31.2. The first-order chi connectivity index (χ1) is 8.58. The largest absolute Gasteiger partial charge is 0.466 e. The molecule has 0 bridgehead atoms. The zero-order valence-electron chi connectivity index (χ0n) is 12.1. The average molecular weight is 318 g/mol. The van der Waals surface area contributed by atoms with Gasteiger partial charge in [-0.3, -0.25) is 13.9 Å². The number of esters is 1. The molecule has 0 spiro atoms. The molecule has 1 N–H and O–H groups in total. The molecule has 0 aromatic rings. The molecule has 0 aromatic carbocycles. The first-order valence-electron chi connectivity index (χ1n) is 5.89. The summed E-state index contributed by atoms with van der Waals surface area (Å²) in [5.41, 5.74) is 0. The van der Waals surface area contributed by atoms with Crippen LogP contribution in [0.15, 0.2) is 0 Å². The van der Waals surface area contributed by atoms with Gasteiger partial charge in [0.05, 0.1) is 19.8 Å². The van der Waals surface area contributed by atoms with Crippen LogP contribution in [0.25, 0.3) is 0 Å². The molecule has 7 nitrogen and oxygen atoms in total. The molecule has 0 fully saturated rings. The standard InChI is InChI=1S/C8H17O5P.C2H7O2P/c1-4-11-8(9)7-14(10,12-5-2)13-6-3;1-5(2,3)4/h4-7H2,1-3H3;1-2H3,(H,3,4). The summed E-state index contributed by atoms with van der Waals surface area (Å²) in [6, 6.07) is 0. The van der Waals surface area contributed by atoms with Crippen molar-refractivity contribution in [3.63, 3.8) is 0 Å². The fourth-order valence-electron chi connectivity index (χ4n) is 0.887. The van der Waals surface area contributed by atoms with E-state index in [1.165, 1.54) is 13.3 Å². The van der Waals surface area contributed by atoms with Crippen LogP contribution in [0.3, 0.4) is 0 Å². The normalized spacial score (nSPS) is 11.5.